The van der Waals surface area contributed by atoms with Crippen molar-refractivity contribution in [2.75, 3.05) is 31.1 Å². The van der Waals surface area contributed by atoms with Crippen molar-refractivity contribution in [2.45, 2.75) is 26.4 Å². The van der Waals surface area contributed by atoms with Crippen LogP contribution in [0, 0.1) is 11.3 Å². The Bertz CT molecular complexity index is 847. The first kappa shape index (κ1) is 18.6. The molecule has 0 saturated carbocycles. The number of hydrogen-bond donors (Lipinski definition) is 0. The smallest absolute Gasteiger partial charge is 0.410 e. The first-order valence-electron chi connectivity index (χ1n) is 8.91. The summed E-state index contributed by atoms with van der Waals surface area (Å²) in [5, 5.41) is 9.34. The number of anilines is 1. The molecule has 2 aromatic heterocycles. The van der Waals surface area contributed by atoms with E-state index in [1.165, 1.54) is 0 Å². The lowest BCUT2D eigenvalue weighted by molar-refractivity contribution is 0.0240. The molecule has 0 atom stereocenters. The van der Waals surface area contributed by atoms with Gasteiger partial charge in [0.15, 0.2) is 0 Å². The van der Waals surface area contributed by atoms with Crippen molar-refractivity contribution >= 4 is 11.8 Å². The van der Waals surface area contributed by atoms with Crippen LogP contribution in [0.1, 0.15) is 26.5 Å². The van der Waals surface area contributed by atoms with Crippen molar-refractivity contribution in [3.63, 3.8) is 0 Å². The van der Waals surface area contributed by atoms with Gasteiger partial charge in [-0.15, -0.1) is 0 Å². The molecule has 140 valence electrons. The summed E-state index contributed by atoms with van der Waals surface area (Å²) in [6, 6.07) is 9.63. The summed E-state index contributed by atoms with van der Waals surface area (Å²) in [7, 11) is 0. The number of aromatic nitrogens is 2. The molecule has 0 aromatic carbocycles. The average molecular weight is 365 g/mol. The van der Waals surface area contributed by atoms with Crippen LogP contribution in [0.25, 0.3) is 11.3 Å². The molecule has 1 fully saturated rings. The van der Waals surface area contributed by atoms with Crippen molar-refractivity contribution in [1.29, 1.82) is 5.26 Å². The minimum atomic E-state index is -0.500. The molecule has 1 amide bonds. The van der Waals surface area contributed by atoms with Crippen molar-refractivity contribution in [2.24, 2.45) is 0 Å². The van der Waals surface area contributed by atoms with Gasteiger partial charge in [0.2, 0.25) is 0 Å². The average Bonchev–Trinajstić information content (AvgIpc) is 2.67. The number of carbonyl (C=O) groups is 1. The molecular formula is C20H23N5O2. The Kier molecular flexibility index (Phi) is 5.26. The van der Waals surface area contributed by atoms with Gasteiger partial charge in [-0.2, -0.15) is 5.26 Å². The maximum absolute atomic E-state index is 12.2. The Hall–Kier alpha value is -3.14. The number of piperazine rings is 1. The number of pyridine rings is 2. The maximum atomic E-state index is 12.2. The van der Waals surface area contributed by atoms with Gasteiger partial charge < -0.3 is 14.5 Å². The van der Waals surface area contributed by atoms with E-state index >= 15 is 0 Å². The van der Waals surface area contributed by atoms with Crippen LogP contribution >= 0.6 is 0 Å². The van der Waals surface area contributed by atoms with Crippen LogP contribution in [0.3, 0.4) is 0 Å². The maximum Gasteiger partial charge on any atom is 0.410 e. The Morgan fingerprint density at radius 2 is 1.81 bits per heavy atom. The monoisotopic (exact) mass is 365 g/mol. The van der Waals surface area contributed by atoms with E-state index in [0.717, 1.165) is 16.9 Å². The van der Waals surface area contributed by atoms with E-state index < -0.39 is 5.60 Å². The van der Waals surface area contributed by atoms with Crippen LogP contribution in [-0.2, 0) is 4.74 Å². The molecule has 7 heteroatoms. The molecule has 0 bridgehead atoms. The second kappa shape index (κ2) is 7.62. The molecule has 7 nitrogen and oxygen atoms in total. The van der Waals surface area contributed by atoms with Crippen LogP contribution in [0.2, 0.25) is 0 Å². The summed E-state index contributed by atoms with van der Waals surface area (Å²) in [6.45, 7) is 8.08. The molecular weight excluding hydrogens is 342 g/mol. The first-order chi connectivity index (χ1) is 12.9. The predicted molar refractivity (Wildman–Crippen MR) is 102 cm³/mol. The SMILES string of the molecule is CC(C)(C)OC(=O)N1CCN(c2cc(C#N)nc(-c3ccncc3)c2)CC1. The molecule has 1 aliphatic rings. The summed E-state index contributed by atoms with van der Waals surface area (Å²) in [5.41, 5.74) is 2.45. The van der Waals surface area contributed by atoms with Crippen molar-refractivity contribution < 1.29 is 9.53 Å². The number of nitrogens with zero attached hydrogens (tertiary/aromatic N) is 5. The lowest BCUT2D eigenvalue weighted by Gasteiger charge is -2.36. The standard InChI is InChI=1S/C20H23N5O2/c1-20(2,3)27-19(26)25-10-8-24(9-11-25)17-12-16(14-21)23-18(13-17)15-4-6-22-7-5-15/h4-7,12-13H,8-11H2,1-3H3. The minimum Gasteiger partial charge on any atom is -0.444 e. The number of nitriles is 1. The van der Waals surface area contributed by atoms with Gasteiger partial charge in [-0.3, -0.25) is 4.98 Å². The Balaban J connectivity index is 1.75. The zero-order chi connectivity index (χ0) is 19.4. The molecule has 3 heterocycles. The minimum absolute atomic E-state index is 0.285. The van der Waals surface area contributed by atoms with Crippen LogP contribution in [0.15, 0.2) is 36.7 Å². The first-order valence-corrected chi connectivity index (χ1v) is 8.91. The topological polar surface area (TPSA) is 82.4 Å². The lowest BCUT2D eigenvalue weighted by Crippen LogP contribution is -2.50. The third-order valence-corrected chi connectivity index (χ3v) is 4.20. The van der Waals surface area contributed by atoms with Gasteiger partial charge in [0.1, 0.15) is 17.4 Å². The summed E-state index contributed by atoms with van der Waals surface area (Å²) in [4.78, 5) is 24.5. The number of rotatable bonds is 2. The summed E-state index contributed by atoms with van der Waals surface area (Å²) >= 11 is 0. The van der Waals surface area contributed by atoms with E-state index in [0.29, 0.717) is 31.9 Å². The second-order valence-corrected chi connectivity index (χ2v) is 7.40. The highest BCUT2D eigenvalue weighted by molar-refractivity contribution is 5.69. The van der Waals surface area contributed by atoms with Gasteiger partial charge in [0.05, 0.1) is 5.69 Å². The van der Waals surface area contributed by atoms with E-state index in [1.807, 2.05) is 39.0 Å². The Morgan fingerprint density at radius 1 is 1.15 bits per heavy atom. The Labute approximate surface area is 159 Å². The highest BCUT2D eigenvalue weighted by Crippen LogP contribution is 2.25. The molecule has 0 N–H and O–H groups in total. The van der Waals surface area contributed by atoms with Gasteiger partial charge in [-0.1, -0.05) is 0 Å². The number of carbonyl (C=O) groups excluding carboxylic acids is 1. The quantitative estimate of drug-likeness (QED) is 0.813. The second-order valence-electron chi connectivity index (χ2n) is 7.40. The molecule has 2 aromatic rings. The number of ether oxygens (including phenoxy) is 1. The van der Waals surface area contributed by atoms with Gasteiger partial charge in [0.25, 0.3) is 0 Å². The number of hydrogen-bond acceptors (Lipinski definition) is 6. The van der Waals surface area contributed by atoms with Crippen molar-refractivity contribution in [3.05, 3.63) is 42.4 Å². The van der Waals surface area contributed by atoms with E-state index in [4.69, 9.17) is 4.74 Å². The summed E-state index contributed by atoms with van der Waals surface area (Å²) in [5.74, 6) is 0. The van der Waals surface area contributed by atoms with Gasteiger partial charge in [-0.05, 0) is 45.0 Å². The van der Waals surface area contributed by atoms with Crippen molar-refractivity contribution in [1.82, 2.24) is 14.9 Å². The molecule has 0 radical (unpaired) electrons. The molecule has 1 aliphatic heterocycles. The lowest BCUT2D eigenvalue weighted by atomic mass is 10.1. The third kappa shape index (κ3) is 4.73. The summed E-state index contributed by atoms with van der Waals surface area (Å²) < 4.78 is 5.44. The van der Waals surface area contributed by atoms with Gasteiger partial charge in [-0.25, -0.2) is 9.78 Å². The highest BCUT2D eigenvalue weighted by Gasteiger charge is 2.26. The predicted octanol–water partition coefficient (Wildman–Crippen LogP) is 3.07. The third-order valence-electron chi connectivity index (χ3n) is 4.20. The van der Waals surface area contributed by atoms with E-state index in [9.17, 15) is 10.1 Å². The highest BCUT2D eigenvalue weighted by atomic mass is 16.6. The normalized spacial score (nSPS) is 14.6. The van der Waals surface area contributed by atoms with Gasteiger partial charge >= 0.3 is 6.09 Å². The van der Waals surface area contributed by atoms with Crippen LogP contribution in [0.4, 0.5) is 10.5 Å². The van der Waals surface area contributed by atoms with Gasteiger partial charge in [0, 0.05) is 49.8 Å². The largest absolute Gasteiger partial charge is 0.444 e. The van der Waals surface area contributed by atoms with E-state index in [2.05, 4.69) is 20.9 Å². The Morgan fingerprint density at radius 3 is 2.41 bits per heavy atom. The summed E-state index contributed by atoms with van der Waals surface area (Å²) in [6.07, 6.45) is 3.12. The molecule has 0 spiro atoms. The zero-order valence-corrected chi connectivity index (χ0v) is 15.8. The number of amides is 1. The fourth-order valence-corrected chi connectivity index (χ4v) is 2.90. The molecule has 1 saturated heterocycles. The van der Waals surface area contributed by atoms with Crippen LogP contribution < -0.4 is 4.90 Å². The van der Waals surface area contributed by atoms with E-state index in [-0.39, 0.29) is 6.09 Å². The van der Waals surface area contributed by atoms with Crippen molar-refractivity contribution in [3.8, 4) is 17.3 Å². The zero-order valence-electron chi connectivity index (χ0n) is 15.8. The molecule has 3 rings (SSSR count). The van der Waals surface area contributed by atoms with Crippen LogP contribution in [0.5, 0.6) is 0 Å². The fourth-order valence-electron chi connectivity index (χ4n) is 2.90. The molecule has 0 unspecified atom stereocenters. The van der Waals surface area contributed by atoms with E-state index in [1.54, 1.807) is 23.4 Å². The van der Waals surface area contributed by atoms with Crippen LogP contribution in [-0.4, -0.2) is 52.7 Å². The molecule has 0 aliphatic carbocycles. The molecule has 27 heavy (non-hydrogen) atoms. The fraction of sp³-hybridized carbons (Fsp3) is 0.400.